The number of hydrogen-bond acceptors (Lipinski definition) is 6. The highest BCUT2D eigenvalue weighted by Crippen LogP contribution is 2.23. The summed E-state index contributed by atoms with van der Waals surface area (Å²) in [4.78, 5) is 51.5. The van der Waals surface area contributed by atoms with Crippen LogP contribution >= 0.6 is 11.3 Å². The van der Waals surface area contributed by atoms with E-state index in [0.29, 0.717) is 53.6 Å². The van der Waals surface area contributed by atoms with Crippen molar-refractivity contribution in [2.45, 2.75) is 25.4 Å². The standard InChI is InChI=1S/C26H24N6O5S/c33-23(27-14-18-3-2-12-38-18)16-7-10-20-19(13-16)22(31-30-20)29-24(34)15-5-8-17(9-6-15)28-25(35)21-4-1-11-32(21)26(36)37/h2-3,5-10,12-13,21H,1,4,11,14H2,(H,27,33)(H,28,35)(H,36,37)(H2,29,30,31,34). The molecule has 0 spiro atoms. The molecule has 4 amide bonds. The fourth-order valence-corrected chi connectivity index (χ4v) is 4.96. The van der Waals surface area contributed by atoms with Gasteiger partial charge in [-0.2, -0.15) is 5.10 Å². The summed E-state index contributed by atoms with van der Waals surface area (Å²) >= 11 is 1.56. The number of fused-ring (bicyclic) bond motifs is 1. The molecule has 11 nitrogen and oxygen atoms in total. The van der Waals surface area contributed by atoms with E-state index in [2.05, 4.69) is 26.1 Å². The molecule has 1 atom stereocenters. The van der Waals surface area contributed by atoms with Crippen molar-refractivity contribution in [3.8, 4) is 0 Å². The number of H-pyrrole nitrogens is 1. The maximum atomic E-state index is 12.9. The number of amides is 4. The molecule has 3 heterocycles. The Bertz CT molecular complexity index is 1500. The number of carboxylic acid groups (broad SMARTS) is 1. The number of aromatic nitrogens is 2. The summed E-state index contributed by atoms with van der Waals surface area (Å²) in [6, 6.07) is 14.5. The Kier molecular flexibility index (Phi) is 7.05. The van der Waals surface area contributed by atoms with Crippen LogP contribution in [0.15, 0.2) is 60.0 Å². The first-order valence-corrected chi connectivity index (χ1v) is 12.8. The monoisotopic (exact) mass is 532 g/mol. The molecule has 1 fully saturated rings. The molecule has 2 aromatic carbocycles. The summed E-state index contributed by atoms with van der Waals surface area (Å²) < 4.78 is 0. The van der Waals surface area contributed by atoms with Crippen LogP contribution < -0.4 is 16.0 Å². The first-order valence-electron chi connectivity index (χ1n) is 11.9. The smallest absolute Gasteiger partial charge is 0.407 e. The highest BCUT2D eigenvalue weighted by molar-refractivity contribution is 7.09. The van der Waals surface area contributed by atoms with Crippen molar-refractivity contribution in [1.29, 1.82) is 0 Å². The summed E-state index contributed by atoms with van der Waals surface area (Å²) in [5.74, 6) is -0.775. The Morgan fingerprint density at radius 2 is 1.82 bits per heavy atom. The second-order valence-corrected chi connectivity index (χ2v) is 9.78. The van der Waals surface area contributed by atoms with Gasteiger partial charge in [0, 0.05) is 33.6 Å². The van der Waals surface area contributed by atoms with Gasteiger partial charge in [-0.3, -0.25) is 24.4 Å². The van der Waals surface area contributed by atoms with Crippen LogP contribution in [0.25, 0.3) is 10.9 Å². The molecule has 4 aromatic rings. The first kappa shape index (κ1) is 25.0. The third-order valence-corrected chi connectivity index (χ3v) is 7.15. The molecule has 38 heavy (non-hydrogen) atoms. The van der Waals surface area contributed by atoms with Crippen molar-refractivity contribution in [2.75, 3.05) is 17.2 Å². The third-order valence-electron chi connectivity index (χ3n) is 6.28. The topological polar surface area (TPSA) is 157 Å². The molecule has 5 N–H and O–H groups in total. The van der Waals surface area contributed by atoms with Crippen LogP contribution in [0.2, 0.25) is 0 Å². The van der Waals surface area contributed by atoms with Crippen molar-refractivity contribution in [2.24, 2.45) is 0 Å². The second-order valence-electron chi connectivity index (χ2n) is 8.75. The summed E-state index contributed by atoms with van der Waals surface area (Å²) in [7, 11) is 0. The largest absolute Gasteiger partial charge is 0.465 e. The fraction of sp³-hybridized carbons (Fsp3) is 0.192. The maximum Gasteiger partial charge on any atom is 0.407 e. The summed E-state index contributed by atoms with van der Waals surface area (Å²) in [6.45, 7) is 0.758. The van der Waals surface area contributed by atoms with E-state index >= 15 is 0 Å². The van der Waals surface area contributed by atoms with Gasteiger partial charge in [-0.25, -0.2) is 4.79 Å². The number of thiophene rings is 1. The number of aromatic amines is 1. The molecular weight excluding hydrogens is 508 g/mol. The molecule has 0 radical (unpaired) electrons. The second kappa shape index (κ2) is 10.7. The van der Waals surface area contributed by atoms with Crippen LogP contribution in [0.5, 0.6) is 0 Å². The predicted octanol–water partition coefficient (Wildman–Crippen LogP) is 3.89. The number of benzene rings is 2. The van der Waals surface area contributed by atoms with Crippen LogP contribution in [0, 0.1) is 0 Å². The molecule has 5 rings (SSSR count). The number of anilines is 2. The number of carbonyl (C=O) groups excluding carboxylic acids is 3. The molecule has 0 bridgehead atoms. The summed E-state index contributed by atoms with van der Waals surface area (Å²) in [5, 5.41) is 27.1. The van der Waals surface area contributed by atoms with E-state index in [0.717, 1.165) is 9.78 Å². The number of rotatable bonds is 7. The van der Waals surface area contributed by atoms with Gasteiger partial charge in [-0.05, 0) is 66.8 Å². The molecule has 0 aliphatic carbocycles. The third kappa shape index (κ3) is 5.34. The van der Waals surface area contributed by atoms with Gasteiger partial charge >= 0.3 is 6.09 Å². The molecule has 1 saturated heterocycles. The van der Waals surface area contributed by atoms with E-state index in [1.807, 2.05) is 17.5 Å². The molecule has 1 unspecified atom stereocenters. The van der Waals surface area contributed by atoms with Crippen LogP contribution in [-0.4, -0.2) is 56.6 Å². The minimum atomic E-state index is -1.12. The minimum absolute atomic E-state index is 0.236. The molecule has 1 aliphatic rings. The summed E-state index contributed by atoms with van der Waals surface area (Å²) in [6.07, 6.45) is -0.0207. The van der Waals surface area contributed by atoms with Crippen LogP contribution in [-0.2, 0) is 11.3 Å². The van der Waals surface area contributed by atoms with Gasteiger partial charge in [-0.1, -0.05) is 6.07 Å². The number of nitrogens with one attached hydrogen (secondary N) is 4. The van der Waals surface area contributed by atoms with E-state index in [1.165, 1.54) is 0 Å². The minimum Gasteiger partial charge on any atom is -0.465 e. The van der Waals surface area contributed by atoms with Crippen molar-refractivity contribution in [3.05, 3.63) is 76.0 Å². The Morgan fingerprint density at radius 3 is 2.55 bits per heavy atom. The number of likely N-dealkylation sites (tertiary alicyclic amines) is 1. The normalized spacial score (nSPS) is 14.8. The maximum absolute atomic E-state index is 12.9. The van der Waals surface area contributed by atoms with Gasteiger partial charge < -0.3 is 21.1 Å². The van der Waals surface area contributed by atoms with Crippen LogP contribution in [0.4, 0.5) is 16.3 Å². The highest BCUT2D eigenvalue weighted by Gasteiger charge is 2.34. The summed E-state index contributed by atoms with van der Waals surface area (Å²) in [5.41, 5.74) is 1.88. The van der Waals surface area contributed by atoms with Crippen LogP contribution in [0.3, 0.4) is 0 Å². The van der Waals surface area contributed by atoms with Gasteiger partial charge in [-0.15, -0.1) is 11.3 Å². The van der Waals surface area contributed by atoms with Gasteiger partial charge in [0.25, 0.3) is 11.8 Å². The van der Waals surface area contributed by atoms with Gasteiger partial charge in [0.05, 0.1) is 12.1 Å². The van der Waals surface area contributed by atoms with Gasteiger partial charge in [0.15, 0.2) is 5.82 Å². The number of carbonyl (C=O) groups is 4. The molecule has 2 aromatic heterocycles. The van der Waals surface area contributed by atoms with Crippen molar-refractivity contribution in [3.63, 3.8) is 0 Å². The van der Waals surface area contributed by atoms with E-state index in [9.17, 15) is 24.3 Å². The highest BCUT2D eigenvalue weighted by atomic mass is 32.1. The Hall–Kier alpha value is -4.71. The fourth-order valence-electron chi connectivity index (χ4n) is 4.31. The zero-order chi connectivity index (χ0) is 26.6. The molecule has 12 heteroatoms. The number of hydrogen-bond donors (Lipinski definition) is 5. The van der Waals surface area contributed by atoms with E-state index in [1.54, 1.807) is 53.8 Å². The van der Waals surface area contributed by atoms with Crippen molar-refractivity contribution in [1.82, 2.24) is 20.4 Å². The predicted molar refractivity (Wildman–Crippen MR) is 142 cm³/mol. The molecular formula is C26H24N6O5S. The van der Waals surface area contributed by atoms with E-state index in [4.69, 9.17) is 0 Å². The van der Waals surface area contributed by atoms with E-state index < -0.39 is 23.9 Å². The van der Waals surface area contributed by atoms with E-state index in [-0.39, 0.29) is 11.7 Å². The average Bonchev–Trinajstić information content (AvgIpc) is 3.69. The Labute approximate surface area is 220 Å². The average molecular weight is 533 g/mol. The Balaban J connectivity index is 1.23. The zero-order valence-corrected chi connectivity index (χ0v) is 20.9. The van der Waals surface area contributed by atoms with Crippen LogP contribution in [0.1, 0.15) is 38.4 Å². The quantitative estimate of drug-likeness (QED) is 0.243. The molecule has 1 aliphatic heterocycles. The lowest BCUT2D eigenvalue weighted by Crippen LogP contribution is -2.42. The van der Waals surface area contributed by atoms with Crippen molar-refractivity contribution < 1.29 is 24.3 Å². The van der Waals surface area contributed by atoms with Gasteiger partial charge in [0.2, 0.25) is 5.91 Å². The lowest BCUT2D eigenvalue weighted by molar-refractivity contribution is -0.119. The SMILES string of the molecule is O=C(NCc1cccs1)c1ccc2[nH]nc(NC(=O)c3ccc(NC(=O)C4CCCN4C(=O)O)cc3)c2c1. The Morgan fingerprint density at radius 1 is 1.03 bits per heavy atom. The lowest BCUT2D eigenvalue weighted by atomic mass is 10.1. The molecule has 194 valence electrons. The first-order chi connectivity index (χ1) is 18.4. The number of nitrogens with zero attached hydrogens (tertiary/aromatic N) is 2. The lowest BCUT2D eigenvalue weighted by Gasteiger charge is -2.20. The van der Waals surface area contributed by atoms with Gasteiger partial charge in [0.1, 0.15) is 6.04 Å². The zero-order valence-electron chi connectivity index (χ0n) is 20.1. The molecule has 0 saturated carbocycles. The van der Waals surface area contributed by atoms with Crippen molar-refractivity contribution >= 4 is 57.6 Å².